The molecule has 0 unspecified atom stereocenters. The summed E-state index contributed by atoms with van der Waals surface area (Å²) in [5, 5.41) is 4.30. The van der Waals surface area contributed by atoms with E-state index in [-0.39, 0.29) is 0 Å². The van der Waals surface area contributed by atoms with Crippen LogP contribution in [-0.4, -0.2) is 37.6 Å². The third-order valence-electron chi connectivity index (χ3n) is 2.18. The van der Waals surface area contributed by atoms with E-state index in [1.165, 1.54) is 4.88 Å². The minimum Gasteiger partial charge on any atom is -0.350 e. The average Bonchev–Trinajstić information content (AvgIpc) is 2.58. The first kappa shape index (κ1) is 12.8. The molecule has 1 heterocycles. The first-order valence-electron chi connectivity index (χ1n) is 5.00. The number of aryl methyl sites for hydroxylation is 1. The SMILES string of the molecule is CNCc1sc(N(C)CCSC)nc1C. The minimum atomic E-state index is 0.917. The van der Waals surface area contributed by atoms with Gasteiger partial charge < -0.3 is 10.2 Å². The maximum absolute atomic E-state index is 4.58. The van der Waals surface area contributed by atoms with E-state index in [0.29, 0.717) is 0 Å². The Morgan fingerprint density at radius 3 is 2.87 bits per heavy atom. The van der Waals surface area contributed by atoms with E-state index < -0.39 is 0 Å². The summed E-state index contributed by atoms with van der Waals surface area (Å²) in [6.07, 6.45) is 2.13. The van der Waals surface area contributed by atoms with Crippen molar-refractivity contribution >= 4 is 28.2 Å². The number of thioether (sulfide) groups is 1. The van der Waals surface area contributed by atoms with Crippen LogP contribution in [0.5, 0.6) is 0 Å². The van der Waals surface area contributed by atoms with Crippen molar-refractivity contribution in [2.24, 2.45) is 0 Å². The second-order valence-electron chi connectivity index (χ2n) is 3.45. The zero-order chi connectivity index (χ0) is 11.3. The molecule has 0 amide bonds. The van der Waals surface area contributed by atoms with Crippen LogP contribution in [0, 0.1) is 6.92 Å². The Bertz CT molecular complexity index is 299. The van der Waals surface area contributed by atoms with Crippen molar-refractivity contribution in [2.75, 3.05) is 37.5 Å². The molecule has 0 aromatic carbocycles. The Balaban J connectivity index is 2.64. The highest BCUT2D eigenvalue weighted by atomic mass is 32.2. The Kier molecular flexibility index (Phi) is 5.42. The van der Waals surface area contributed by atoms with E-state index >= 15 is 0 Å². The highest BCUT2D eigenvalue weighted by Gasteiger charge is 2.09. The quantitative estimate of drug-likeness (QED) is 0.829. The van der Waals surface area contributed by atoms with Crippen molar-refractivity contribution in [1.82, 2.24) is 10.3 Å². The fourth-order valence-corrected chi connectivity index (χ4v) is 2.74. The van der Waals surface area contributed by atoms with Crippen LogP contribution in [-0.2, 0) is 6.54 Å². The summed E-state index contributed by atoms with van der Waals surface area (Å²) in [5.74, 6) is 1.15. The molecule has 0 saturated heterocycles. The van der Waals surface area contributed by atoms with Gasteiger partial charge in [-0.15, -0.1) is 11.3 Å². The smallest absolute Gasteiger partial charge is 0.185 e. The molecule has 0 saturated carbocycles. The molecule has 3 nitrogen and oxygen atoms in total. The van der Waals surface area contributed by atoms with Gasteiger partial charge in [0.25, 0.3) is 0 Å². The van der Waals surface area contributed by atoms with Crippen LogP contribution < -0.4 is 10.2 Å². The summed E-state index contributed by atoms with van der Waals surface area (Å²) in [7, 11) is 4.08. The Morgan fingerprint density at radius 2 is 2.27 bits per heavy atom. The van der Waals surface area contributed by atoms with Gasteiger partial charge in [-0.1, -0.05) is 0 Å². The molecule has 0 bridgehead atoms. The zero-order valence-corrected chi connectivity index (χ0v) is 11.5. The van der Waals surface area contributed by atoms with Gasteiger partial charge in [0.05, 0.1) is 5.69 Å². The molecule has 15 heavy (non-hydrogen) atoms. The van der Waals surface area contributed by atoms with Crippen LogP contribution in [0.4, 0.5) is 5.13 Å². The van der Waals surface area contributed by atoms with E-state index in [2.05, 4.69) is 35.4 Å². The lowest BCUT2D eigenvalue weighted by Crippen LogP contribution is -2.19. The van der Waals surface area contributed by atoms with Crippen LogP contribution in [0.25, 0.3) is 0 Å². The highest BCUT2D eigenvalue weighted by molar-refractivity contribution is 7.98. The number of thiazole rings is 1. The Hall–Kier alpha value is -0.260. The maximum atomic E-state index is 4.58. The molecule has 1 aromatic heterocycles. The van der Waals surface area contributed by atoms with Gasteiger partial charge in [0, 0.05) is 30.8 Å². The van der Waals surface area contributed by atoms with E-state index in [1.807, 2.05) is 18.8 Å². The molecule has 0 atom stereocenters. The molecule has 0 fully saturated rings. The Labute approximate surface area is 100 Å². The molecule has 1 aromatic rings. The number of anilines is 1. The van der Waals surface area contributed by atoms with Crippen LogP contribution in [0.2, 0.25) is 0 Å². The van der Waals surface area contributed by atoms with Crippen LogP contribution >= 0.6 is 23.1 Å². The van der Waals surface area contributed by atoms with E-state index in [1.54, 1.807) is 11.3 Å². The third kappa shape index (κ3) is 3.66. The number of hydrogen-bond donors (Lipinski definition) is 1. The summed E-state index contributed by atoms with van der Waals surface area (Å²) < 4.78 is 0. The topological polar surface area (TPSA) is 28.2 Å². The number of hydrogen-bond acceptors (Lipinski definition) is 5. The maximum Gasteiger partial charge on any atom is 0.185 e. The van der Waals surface area contributed by atoms with E-state index in [4.69, 9.17) is 0 Å². The van der Waals surface area contributed by atoms with Gasteiger partial charge in [-0.05, 0) is 20.2 Å². The molecule has 0 aliphatic carbocycles. The van der Waals surface area contributed by atoms with Crippen molar-refractivity contribution < 1.29 is 0 Å². The summed E-state index contributed by atoms with van der Waals surface area (Å²) >= 11 is 3.65. The Morgan fingerprint density at radius 1 is 1.53 bits per heavy atom. The lowest BCUT2D eigenvalue weighted by Gasteiger charge is -2.14. The third-order valence-corrected chi connectivity index (χ3v) is 4.04. The molecule has 0 spiro atoms. The van der Waals surface area contributed by atoms with Gasteiger partial charge in [-0.3, -0.25) is 0 Å². The van der Waals surface area contributed by atoms with Crippen molar-refractivity contribution in [3.05, 3.63) is 10.6 Å². The van der Waals surface area contributed by atoms with Gasteiger partial charge in [-0.2, -0.15) is 11.8 Å². The predicted molar refractivity (Wildman–Crippen MR) is 71.3 cm³/mol. The molecule has 0 radical (unpaired) electrons. The fourth-order valence-electron chi connectivity index (χ4n) is 1.22. The number of rotatable bonds is 6. The van der Waals surface area contributed by atoms with Crippen molar-refractivity contribution in [1.29, 1.82) is 0 Å². The zero-order valence-electron chi connectivity index (χ0n) is 9.83. The second kappa shape index (κ2) is 6.35. The molecule has 86 valence electrons. The van der Waals surface area contributed by atoms with E-state index in [0.717, 1.165) is 29.7 Å². The lowest BCUT2D eigenvalue weighted by molar-refractivity contribution is 0.822. The van der Waals surface area contributed by atoms with Gasteiger partial charge in [-0.25, -0.2) is 4.98 Å². The number of nitrogens with one attached hydrogen (secondary N) is 1. The van der Waals surface area contributed by atoms with Crippen molar-refractivity contribution in [3.8, 4) is 0 Å². The normalized spacial score (nSPS) is 10.7. The monoisotopic (exact) mass is 245 g/mol. The molecule has 0 aliphatic heterocycles. The lowest BCUT2D eigenvalue weighted by atomic mass is 10.4. The fraction of sp³-hybridized carbons (Fsp3) is 0.700. The predicted octanol–water partition coefficient (Wildman–Crippen LogP) is 1.97. The van der Waals surface area contributed by atoms with Gasteiger partial charge in [0.1, 0.15) is 0 Å². The number of aromatic nitrogens is 1. The summed E-state index contributed by atoms with van der Waals surface area (Å²) in [6, 6.07) is 0. The highest BCUT2D eigenvalue weighted by Crippen LogP contribution is 2.25. The molecule has 1 rings (SSSR count). The van der Waals surface area contributed by atoms with Crippen LogP contribution in [0.1, 0.15) is 10.6 Å². The van der Waals surface area contributed by atoms with Crippen LogP contribution in [0.15, 0.2) is 0 Å². The minimum absolute atomic E-state index is 0.917. The molecule has 0 aliphatic rings. The summed E-state index contributed by atoms with van der Waals surface area (Å²) in [4.78, 5) is 8.14. The van der Waals surface area contributed by atoms with Crippen molar-refractivity contribution in [3.63, 3.8) is 0 Å². The largest absolute Gasteiger partial charge is 0.350 e. The summed E-state index contributed by atoms with van der Waals surface area (Å²) in [6.45, 7) is 4.06. The van der Waals surface area contributed by atoms with Crippen LogP contribution in [0.3, 0.4) is 0 Å². The molecular formula is C10H19N3S2. The molecule has 5 heteroatoms. The average molecular weight is 245 g/mol. The van der Waals surface area contributed by atoms with Gasteiger partial charge in [0.2, 0.25) is 0 Å². The van der Waals surface area contributed by atoms with Gasteiger partial charge in [0.15, 0.2) is 5.13 Å². The molecule has 1 N–H and O–H groups in total. The standard InChI is InChI=1S/C10H19N3S2/c1-8-9(7-11-2)15-10(12-8)13(3)5-6-14-4/h11H,5-7H2,1-4H3. The second-order valence-corrected chi connectivity index (χ2v) is 5.50. The van der Waals surface area contributed by atoms with E-state index in [9.17, 15) is 0 Å². The first-order chi connectivity index (χ1) is 7.19. The van der Waals surface area contributed by atoms with Crippen molar-refractivity contribution in [2.45, 2.75) is 13.5 Å². The summed E-state index contributed by atoms with van der Waals surface area (Å²) in [5.41, 5.74) is 1.15. The molecular weight excluding hydrogens is 226 g/mol. The first-order valence-corrected chi connectivity index (χ1v) is 7.21. The number of nitrogens with zero attached hydrogens (tertiary/aromatic N) is 2. The van der Waals surface area contributed by atoms with Gasteiger partial charge >= 0.3 is 0 Å².